The number of piperazine rings is 1. The SMILES string of the molecule is CN1CCN(CCCNCc2ccc3c(c2)OCO3)CC1. The zero-order valence-corrected chi connectivity index (χ0v) is 12.8. The molecule has 0 bridgehead atoms. The Labute approximate surface area is 126 Å². The Morgan fingerprint density at radius 1 is 1.10 bits per heavy atom. The van der Waals surface area contributed by atoms with Crippen LogP contribution in [0.4, 0.5) is 0 Å². The molecule has 116 valence electrons. The minimum Gasteiger partial charge on any atom is -0.454 e. The van der Waals surface area contributed by atoms with Gasteiger partial charge >= 0.3 is 0 Å². The van der Waals surface area contributed by atoms with Crippen molar-refractivity contribution in [3.63, 3.8) is 0 Å². The third kappa shape index (κ3) is 4.09. The van der Waals surface area contributed by atoms with Crippen molar-refractivity contribution in [2.45, 2.75) is 13.0 Å². The van der Waals surface area contributed by atoms with Crippen molar-refractivity contribution >= 4 is 0 Å². The predicted octanol–water partition coefficient (Wildman–Crippen LogP) is 1.14. The van der Waals surface area contributed by atoms with Gasteiger partial charge in [0.15, 0.2) is 11.5 Å². The van der Waals surface area contributed by atoms with Crippen LogP contribution in [0.3, 0.4) is 0 Å². The molecule has 1 fully saturated rings. The monoisotopic (exact) mass is 291 g/mol. The summed E-state index contributed by atoms with van der Waals surface area (Å²) in [6.07, 6.45) is 1.20. The van der Waals surface area contributed by atoms with Gasteiger partial charge < -0.3 is 24.6 Å². The Kier molecular flexibility index (Phi) is 4.95. The zero-order valence-electron chi connectivity index (χ0n) is 12.8. The van der Waals surface area contributed by atoms with Crippen LogP contribution in [0.1, 0.15) is 12.0 Å². The van der Waals surface area contributed by atoms with E-state index in [9.17, 15) is 0 Å². The van der Waals surface area contributed by atoms with Gasteiger partial charge in [-0.3, -0.25) is 0 Å². The van der Waals surface area contributed by atoms with Crippen molar-refractivity contribution < 1.29 is 9.47 Å². The molecule has 0 radical (unpaired) electrons. The second kappa shape index (κ2) is 7.11. The molecule has 5 heteroatoms. The maximum Gasteiger partial charge on any atom is 0.231 e. The second-order valence-corrected chi connectivity index (χ2v) is 5.86. The first kappa shape index (κ1) is 14.6. The molecule has 21 heavy (non-hydrogen) atoms. The molecule has 2 heterocycles. The van der Waals surface area contributed by atoms with E-state index in [1.807, 2.05) is 6.07 Å². The maximum atomic E-state index is 5.39. The molecule has 0 aliphatic carbocycles. The van der Waals surface area contributed by atoms with Gasteiger partial charge in [-0.05, 0) is 44.3 Å². The fourth-order valence-corrected chi connectivity index (χ4v) is 2.78. The highest BCUT2D eigenvalue weighted by Crippen LogP contribution is 2.32. The Bertz CT molecular complexity index is 459. The fraction of sp³-hybridized carbons (Fsp3) is 0.625. The third-order valence-corrected chi connectivity index (χ3v) is 4.19. The molecule has 0 saturated carbocycles. The summed E-state index contributed by atoms with van der Waals surface area (Å²) in [5, 5.41) is 3.51. The van der Waals surface area contributed by atoms with Crippen LogP contribution >= 0.6 is 0 Å². The smallest absolute Gasteiger partial charge is 0.231 e. The van der Waals surface area contributed by atoms with E-state index in [0.29, 0.717) is 6.79 Å². The lowest BCUT2D eigenvalue weighted by atomic mass is 10.2. The highest BCUT2D eigenvalue weighted by molar-refractivity contribution is 5.44. The molecule has 5 nitrogen and oxygen atoms in total. The summed E-state index contributed by atoms with van der Waals surface area (Å²) in [5.74, 6) is 1.72. The molecule has 1 aromatic carbocycles. The number of nitrogens with zero attached hydrogens (tertiary/aromatic N) is 2. The second-order valence-electron chi connectivity index (χ2n) is 5.86. The van der Waals surface area contributed by atoms with Crippen molar-refractivity contribution in [1.29, 1.82) is 0 Å². The minimum absolute atomic E-state index is 0.344. The first-order valence-corrected chi connectivity index (χ1v) is 7.81. The van der Waals surface area contributed by atoms with Gasteiger partial charge in [0.1, 0.15) is 0 Å². The Morgan fingerprint density at radius 2 is 1.90 bits per heavy atom. The van der Waals surface area contributed by atoms with Gasteiger partial charge in [0.2, 0.25) is 6.79 Å². The third-order valence-electron chi connectivity index (χ3n) is 4.19. The van der Waals surface area contributed by atoms with Crippen LogP contribution in [0.15, 0.2) is 18.2 Å². The van der Waals surface area contributed by atoms with Crippen molar-refractivity contribution in [1.82, 2.24) is 15.1 Å². The molecule has 0 atom stereocenters. The standard InChI is InChI=1S/C16H25N3O2/c1-18-7-9-19(10-8-18)6-2-5-17-12-14-3-4-15-16(11-14)21-13-20-15/h3-4,11,17H,2,5-10,12-13H2,1H3. The van der Waals surface area contributed by atoms with E-state index in [1.54, 1.807) is 0 Å². The van der Waals surface area contributed by atoms with Crippen LogP contribution < -0.4 is 14.8 Å². The van der Waals surface area contributed by atoms with E-state index in [0.717, 1.165) is 24.6 Å². The van der Waals surface area contributed by atoms with Crippen LogP contribution in [0.2, 0.25) is 0 Å². The van der Waals surface area contributed by atoms with E-state index in [2.05, 4.69) is 34.3 Å². The summed E-state index contributed by atoms with van der Waals surface area (Å²) in [4.78, 5) is 4.95. The molecular formula is C16H25N3O2. The van der Waals surface area contributed by atoms with Crippen LogP contribution in [0.5, 0.6) is 11.5 Å². The Morgan fingerprint density at radius 3 is 2.76 bits per heavy atom. The van der Waals surface area contributed by atoms with E-state index in [1.165, 1.54) is 44.7 Å². The number of likely N-dealkylation sites (N-methyl/N-ethyl adjacent to an activating group) is 1. The highest BCUT2D eigenvalue weighted by Gasteiger charge is 2.14. The van der Waals surface area contributed by atoms with E-state index < -0.39 is 0 Å². The largest absolute Gasteiger partial charge is 0.454 e. The molecular weight excluding hydrogens is 266 g/mol. The normalized spacial score (nSPS) is 19.1. The van der Waals surface area contributed by atoms with Gasteiger partial charge in [-0.15, -0.1) is 0 Å². The molecule has 1 N–H and O–H groups in total. The molecule has 2 aliphatic heterocycles. The maximum absolute atomic E-state index is 5.39. The first-order valence-electron chi connectivity index (χ1n) is 7.81. The first-order chi connectivity index (χ1) is 10.3. The summed E-state index contributed by atoms with van der Waals surface area (Å²) >= 11 is 0. The van der Waals surface area contributed by atoms with Crippen molar-refractivity contribution in [2.24, 2.45) is 0 Å². The van der Waals surface area contributed by atoms with Gasteiger partial charge in [0.25, 0.3) is 0 Å². The van der Waals surface area contributed by atoms with Gasteiger partial charge in [-0.1, -0.05) is 6.07 Å². The zero-order chi connectivity index (χ0) is 14.5. The molecule has 0 unspecified atom stereocenters. The topological polar surface area (TPSA) is 37.0 Å². The number of hydrogen-bond acceptors (Lipinski definition) is 5. The number of hydrogen-bond donors (Lipinski definition) is 1. The summed E-state index contributed by atoms with van der Waals surface area (Å²) < 4.78 is 10.7. The van der Waals surface area contributed by atoms with Crippen LogP contribution in [-0.2, 0) is 6.54 Å². The van der Waals surface area contributed by atoms with Gasteiger partial charge in [-0.2, -0.15) is 0 Å². The van der Waals surface area contributed by atoms with Crippen LogP contribution in [0.25, 0.3) is 0 Å². The Hall–Kier alpha value is -1.30. The summed E-state index contributed by atoms with van der Waals surface area (Å²) in [7, 11) is 2.20. The van der Waals surface area contributed by atoms with E-state index in [-0.39, 0.29) is 0 Å². The predicted molar refractivity (Wildman–Crippen MR) is 82.8 cm³/mol. The Balaban J connectivity index is 1.31. The fourth-order valence-electron chi connectivity index (χ4n) is 2.78. The van der Waals surface area contributed by atoms with E-state index in [4.69, 9.17) is 9.47 Å². The number of fused-ring (bicyclic) bond motifs is 1. The highest BCUT2D eigenvalue weighted by atomic mass is 16.7. The number of ether oxygens (including phenoxy) is 2. The quantitative estimate of drug-likeness (QED) is 0.796. The summed E-state index contributed by atoms with van der Waals surface area (Å²) in [6.45, 7) is 8.30. The average Bonchev–Trinajstić information content (AvgIpc) is 2.96. The molecule has 3 rings (SSSR count). The lowest BCUT2D eigenvalue weighted by Crippen LogP contribution is -2.45. The summed E-state index contributed by atoms with van der Waals surface area (Å²) in [5.41, 5.74) is 1.25. The number of nitrogens with one attached hydrogen (secondary N) is 1. The molecule has 1 saturated heterocycles. The lowest BCUT2D eigenvalue weighted by Gasteiger charge is -2.32. The molecule has 1 aromatic rings. The minimum atomic E-state index is 0.344. The van der Waals surface area contributed by atoms with Crippen LogP contribution in [-0.4, -0.2) is 62.9 Å². The average molecular weight is 291 g/mol. The van der Waals surface area contributed by atoms with E-state index >= 15 is 0 Å². The van der Waals surface area contributed by atoms with Crippen LogP contribution in [0, 0.1) is 0 Å². The van der Waals surface area contributed by atoms with Gasteiger partial charge in [0, 0.05) is 32.7 Å². The number of benzene rings is 1. The van der Waals surface area contributed by atoms with Gasteiger partial charge in [0.05, 0.1) is 0 Å². The number of rotatable bonds is 6. The lowest BCUT2D eigenvalue weighted by molar-refractivity contribution is 0.153. The van der Waals surface area contributed by atoms with Crippen molar-refractivity contribution in [3.05, 3.63) is 23.8 Å². The van der Waals surface area contributed by atoms with Crippen molar-refractivity contribution in [3.8, 4) is 11.5 Å². The molecule has 0 aromatic heterocycles. The molecule has 2 aliphatic rings. The molecule has 0 amide bonds. The van der Waals surface area contributed by atoms with Crippen molar-refractivity contribution in [2.75, 3.05) is 53.1 Å². The van der Waals surface area contributed by atoms with Gasteiger partial charge in [-0.25, -0.2) is 0 Å². The molecule has 0 spiro atoms. The summed E-state index contributed by atoms with van der Waals surface area (Å²) in [6, 6.07) is 6.15.